The summed E-state index contributed by atoms with van der Waals surface area (Å²) in [5.41, 5.74) is 2.25. The first-order valence-electron chi connectivity index (χ1n) is 10.3. The predicted octanol–water partition coefficient (Wildman–Crippen LogP) is 3.69. The molecule has 1 fully saturated rings. The fourth-order valence-electron chi connectivity index (χ4n) is 3.61. The lowest BCUT2D eigenvalue weighted by Crippen LogP contribution is -2.42. The van der Waals surface area contributed by atoms with Gasteiger partial charge in [-0.25, -0.2) is 9.50 Å². The van der Waals surface area contributed by atoms with E-state index in [1.165, 1.54) is 11.8 Å². The van der Waals surface area contributed by atoms with Gasteiger partial charge in [-0.3, -0.25) is 14.8 Å². The summed E-state index contributed by atoms with van der Waals surface area (Å²) < 4.78 is 1.79. The molecule has 0 atom stereocenters. The molecule has 3 heterocycles. The number of H-pyrrole nitrogens is 1. The molecule has 3 N–H and O–H groups in total. The molecule has 164 valence electrons. The first kappa shape index (κ1) is 20.5. The molecule has 0 saturated heterocycles. The number of amides is 1. The van der Waals surface area contributed by atoms with Crippen molar-refractivity contribution in [3.63, 3.8) is 0 Å². The summed E-state index contributed by atoms with van der Waals surface area (Å²) in [6.07, 6.45) is 3.68. The Labute approximate surface area is 189 Å². The molecule has 9 nitrogen and oxygen atoms in total. The highest BCUT2D eigenvalue weighted by Gasteiger charge is 2.51. The van der Waals surface area contributed by atoms with Crippen LogP contribution in [0.1, 0.15) is 18.5 Å². The van der Waals surface area contributed by atoms with Crippen LogP contribution in [0.25, 0.3) is 5.52 Å². The third kappa shape index (κ3) is 3.94. The Kier molecular flexibility index (Phi) is 5.10. The Morgan fingerprint density at radius 1 is 1.22 bits per heavy atom. The molecule has 5 rings (SSSR count). The summed E-state index contributed by atoms with van der Waals surface area (Å²) in [7, 11) is 3.90. The third-order valence-corrected chi connectivity index (χ3v) is 6.51. The Morgan fingerprint density at radius 2 is 2.00 bits per heavy atom. The molecule has 32 heavy (non-hydrogen) atoms. The van der Waals surface area contributed by atoms with Gasteiger partial charge in [-0.15, -0.1) is 5.10 Å². The van der Waals surface area contributed by atoms with Gasteiger partial charge in [-0.1, -0.05) is 0 Å². The van der Waals surface area contributed by atoms with Gasteiger partial charge in [-0.05, 0) is 82.0 Å². The van der Waals surface area contributed by atoms with Crippen molar-refractivity contribution in [2.24, 2.45) is 0 Å². The fraction of sp³-hybridized carbons (Fsp3) is 0.273. The molecule has 1 saturated carbocycles. The van der Waals surface area contributed by atoms with Crippen LogP contribution in [0.3, 0.4) is 0 Å². The van der Waals surface area contributed by atoms with Crippen molar-refractivity contribution in [1.29, 1.82) is 0 Å². The SMILES string of the molecule is Cc1cc(Nc2nc(Sc3ccc(NC(=O)C4(N(C)C)CC4)cc3)nn3cccc23)n[nH]1. The summed E-state index contributed by atoms with van der Waals surface area (Å²) in [6.45, 7) is 1.95. The molecule has 0 bridgehead atoms. The molecule has 3 aromatic heterocycles. The largest absolute Gasteiger partial charge is 0.324 e. The van der Waals surface area contributed by atoms with Crippen LogP contribution < -0.4 is 10.6 Å². The van der Waals surface area contributed by atoms with Crippen LogP contribution >= 0.6 is 11.8 Å². The highest BCUT2D eigenvalue weighted by atomic mass is 32.2. The molecule has 4 aromatic rings. The lowest BCUT2D eigenvalue weighted by Gasteiger charge is -2.22. The van der Waals surface area contributed by atoms with Crippen LogP contribution in [-0.2, 0) is 4.79 Å². The first-order chi connectivity index (χ1) is 15.4. The maximum absolute atomic E-state index is 12.6. The van der Waals surface area contributed by atoms with Gasteiger partial charge in [0.2, 0.25) is 11.1 Å². The van der Waals surface area contributed by atoms with E-state index in [0.717, 1.165) is 34.6 Å². The second kappa shape index (κ2) is 7.95. The van der Waals surface area contributed by atoms with Gasteiger partial charge in [0.05, 0.1) is 0 Å². The monoisotopic (exact) mass is 448 g/mol. The number of anilines is 3. The number of aromatic nitrogens is 5. The second-order valence-electron chi connectivity index (χ2n) is 8.15. The normalized spacial score (nSPS) is 14.6. The lowest BCUT2D eigenvalue weighted by atomic mass is 10.2. The van der Waals surface area contributed by atoms with E-state index in [2.05, 4.69) is 25.9 Å². The van der Waals surface area contributed by atoms with E-state index in [0.29, 0.717) is 16.8 Å². The van der Waals surface area contributed by atoms with Crippen molar-refractivity contribution >= 4 is 40.5 Å². The molecule has 0 radical (unpaired) electrons. The maximum Gasteiger partial charge on any atom is 0.244 e. The molecule has 1 aromatic carbocycles. The number of aromatic amines is 1. The minimum atomic E-state index is -0.357. The standard InChI is InChI=1S/C22H24N8OS/c1-14-13-18(27-26-14)24-19-17-5-4-12-30(17)28-21(25-19)32-16-8-6-15(7-9-16)23-20(31)22(10-11-22)29(2)3/h4-9,12-13H,10-11H2,1-3H3,(H,23,31)(H2,24,25,26,27,28). The summed E-state index contributed by atoms with van der Waals surface area (Å²) in [5, 5.41) is 18.6. The summed E-state index contributed by atoms with van der Waals surface area (Å²) in [5.74, 6) is 1.43. The topological polar surface area (TPSA) is 103 Å². The molecule has 1 aliphatic carbocycles. The average molecular weight is 449 g/mol. The number of likely N-dealkylation sites (N-methyl/N-ethyl adjacent to an activating group) is 1. The zero-order valence-electron chi connectivity index (χ0n) is 18.1. The number of hydrogen-bond acceptors (Lipinski definition) is 7. The smallest absolute Gasteiger partial charge is 0.244 e. The average Bonchev–Trinajstić information content (AvgIpc) is 3.29. The van der Waals surface area contributed by atoms with Crippen molar-refractivity contribution in [3.8, 4) is 0 Å². The number of fused-ring (bicyclic) bond motifs is 1. The van der Waals surface area contributed by atoms with E-state index in [1.807, 2.05) is 74.6 Å². The number of carbonyl (C=O) groups is 1. The van der Waals surface area contributed by atoms with E-state index in [-0.39, 0.29) is 11.4 Å². The van der Waals surface area contributed by atoms with Gasteiger partial charge in [0.15, 0.2) is 11.6 Å². The Morgan fingerprint density at radius 3 is 2.66 bits per heavy atom. The highest BCUT2D eigenvalue weighted by molar-refractivity contribution is 7.99. The predicted molar refractivity (Wildman–Crippen MR) is 124 cm³/mol. The summed E-state index contributed by atoms with van der Waals surface area (Å²) in [6, 6.07) is 13.5. The number of benzene rings is 1. The number of nitrogens with zero attached hydrogens (tertiary/aromatic N) is 5. The van der Waals surface area contributed by atoms with Gasteiger partial charge in [-0.2, -0.15) is 5.10 Å². The quantitative estimate of drug-likeness (QED) is 0.396. The highest BCUT2D eigenvalue weighted by Crippen LogP contribution is 2.41. The maximum atomic E-state index is 12.6. The number of aryl methyl sites for hydroxylation is 1. The van der Waals surface area contributed by atoms with Gasteiger partial charge >= 0.3 is 0 Å². The Hall–Kier alpha value is -3.37. The zero-order chi connectivity index (χ0) is 22.3. The van der Waals surface area contributed by atoms with Crippen molar-refractivity contribution in [2.45, 2.75) is 35.4 Å². The van der Waals surface area contributed by atoms with Crippen molar-refractivity contribution < 1.29 is 4.79 Å². The van der Waals surface area contributed by atoms with Crippen molar-refractivity contribution in [3.05, 3.63) is 54.4 Å². The van der Waals surface area contributed by atoms with Crippen LogP contribution in [0.5, 0.6) is 0 Å². The molecule has 1 amide bonds. The zero-order valence-corrected chi connectivity index (χ0v) is 18.9. The van der Waals surface area contributed by atoms with E-state index in [9.17, 15) is 4.79 Å². The van der Waals surface area contributed by atoms with Gasteiger partial charge in [0, 0.05) is 28.5 Å². The third-order valence-electron chi connectivity index (χ3n) is 5.65. The van der Waals surface area contributed by atoms with Crippen LogP contribution in [0.2, 0.25) is 0 Å². The van der Waals surface area contributed by atoms with Crippen LogP contribution in [0.4, 0.5) is 17.3 Å². The second-order valence-corrected chi connectivity index (χ2v) is 9.19. The molecular formula is C22H24N8OS. The van der Waals surface area contributed by atoms with Gasteiger partial charge < -0.3 is 10.6 Å². The van der Waals surface area contributed by atoms with Crippen molar-refractivity contribution in [1.82, 2.24) is 29.7 Å². The number of nitrogens with one attached hydrogen (secondary N) is 3. The first-order valence-corrected chi connectivity index (χ1v) is 11.2. The van der Waals surface area contributed by atoms with Crippen LogP contribution in [-0.4, -0.2) is 55.2 Å². The van der Waals surface area contributed by atoms with Gasteiger partial charge in [0.25, 0.3) is 0 Å². The van der Waals surface area contributed by atoms with Crippen LogP contribution in [0.15, 0.2) is 58.7 Å². The fourth-order valence-corrected chi connectivity index (χ4v) is 4.36. The molecule has 0 spiro atoms. The summed E-state index contributed by atoms with van der Waals surface area (Å²) in [4.78, 5) is 20.3. The van der Waals surface area contributed by atoms with Gasteiger partial charge in [0.1, 0.15) is 11.1 Å². The minimum absolute atomic E-state index is 0.0496. The van der Waals surface area contributed by atoms with E-state index < -0.39 is 0 Å². The molecule has 0 aliphatic heterocycles. The molecule has 1 aliphatic rings. The molecule has 10 heteroatoms. The minimum Gasteiger partial charge on any atom is -0.324 e. The molecule has 0 unspecified atom stereocenters. The van der Waals surface area contributed by atoms with E-state index in [4.69, 9.17) is 4.98 Å². The van der Waals surface area contributed by atoms with E-state index >= 15 is 0 Å². The van der Waals surface area contributed by atoms with Crippen molar-refractivity contribution in [2.75, 3.05) is 24.7 Å². The number of hydrogen-bond donors (Lipinski definition) is 3. The van der Waals surface area contributed by atoms with E-state index in [1.54, 1.807) is 4.52 Å². The number of carbonyl (C=O) groups excluding carboxylic acids is 1. The summed E-state index contributed by atoms with van der Waals surface area (Å²) >= 11 is 1.45. The lowest BCUT2D eigenvalue weighted by molar-refractivity contribution is -0.121. The Balaban J connectivity index is 1.32. The van der Waals surface area contributed by atoms with Crippen LogP contribution in [0, 0.1) is 6.92 Å². The number of rotatable bonds is 7. The Bertz CT molecular complexity index is 1270. The molecular weight excluding hydrogens is 424 g/mol.